The molecule has 43 heavy (non-hydrogen) atoms. The van der Waals surface area contributed by atoms with E-state index in [9.17, 15) is 5.26 Å². The number of nitriles is 1. The van der Waals surface area contributed by atoms with Crippen LogP contribution in [0.1, 0.15) is 30.5 Å². The lowest BCUT2D eigenvalue weighted by Gasteiger charge is -2.21. The molecule has 0 atom stereocenters. The first-order chi connectivity index (χ1) is 21.0. The van der Waals surface area contributed by atoms with Crippen LogP contribution in [0.3, 0.4) is 0 Å². The minimum absolute atomic E-state index is 0.0127. The van der Waals surface area contributed by atoms with Gasteiger partial charge in [0.1, 0.15) is 0 Å². The van der Waals surface area contributed by atoms with Crippen molar-refractivity contribution in [2.24, 2.45) is 0 Å². The largest absolute Gasteiger partial charge is 0.309 e. The van der Waals surface area contributed by atoms with Crippen LogP contribution < -0.4 is 0 Å². The van der Waals surface area contributed by atoms with Crippen LogP contribution >= 0.6 is 11.3 Å². The van der Waals surface area contributed by atoms with Gasteiger partial charge < -0.3 is 4.57 Å². The maximum atomic E-state index is 9.88. The lowest BCUT2D eigenvalue weighted by Crippen LogP contribution is -2.14. The van der Waals surface area contributed by atoms with Gasteiger partial charge in [0, 0.05) is 41.9 Å². The fraction of sp³-hybridized carbons (Fsp3) is 0.0750. The van der Waals surface area contributed by atoms with Crippen molar-refractivity contribution < 1.29 is 0 Å². The molecule has 2 aromatic heterocycles. The van der Waals surface area contributed by atoms with Gasteiger partial charge >= 0.3 is 0 Å². The van der Waals surface area contributed by atoms with E-state index in [0.29, 0.717) is 5.56 Å². The second-order valence-electron chi connectivity index (χ2n) is 12.1. The lowest BCUT2D eigenvalue weighted by molar-refractivity contribution is 0.661. The van der Waals surface area contributed by atoms with Crippen molar-refractivity contribution in [2.45, 2.75) is 19.3 Å². The van der Waals surface area contributed by atoms with E-state index in [0.717, 1.165) is 27.8 Å². The summed E-state index contributed by atoms with van der Waals surface area (Å²) in [4.78, 5) is 0. The third-order valence-corrected chi connectivity index (χ3v) is 10.5. The summed E-state index contributed by atoms with van der Waals surface area (Å²) in [6.45, 7) is 4.69. The molecule has 0 aliphatic heterocycles. The summed E-state index contributed by atoms with van der Waals surface area (Å²) in [5.41, 5.74) is 11.7. The van der Waals surface area contributed by atoms with Crippen molar-refractivity contribution >= 4 is 53.3 Å². The van der Waals surface area contributed by atoms with Gasteiger partial charge in [-0.2, -0.15) is 5.26 Å². The number of benzene rings is 6. The van der Waals surface area contributed by atoms with Gasteiger partial charge in [-0.05, 0) is 70.3 Å². The SMILES string of the molecule is CC1(C)c2ccccc2-c2cc3c(cc21)sc1cc(-c2ccc(C#N)cc2-n2c4ccccc4c4ccccc42)ccc13. The smallest absolute Gasteiger partial charge is 0.0992 e. The summed E-state index contributed by atoms with van der Waals surface area (Å²) in [6, 6.07) is 46.1. The van der Waals surface area contributed by atoms with Gasteiger partial charge in [0.15, 0.2) is 0 Å². The Balaban J connectivity index is 1.28. The van der Waals surface area contributed by atoms with Crippen LogP contribution in [-0.4, -0.2) is 4.57 Å². The van der Waals surface area contributed by atoms with E-state index < -0.39 is 0 Å². The van der Waals surface area contributed by atoms with Crippen LogP contribution in [0.5, 0.6) is 0 Å². The molecule has 202 valence electrons. The molecule has 0 bridgehead atoms. The Hall–Kier alpha value is -5.17. The summed E-state index contributed by atoms with van der Waals surface area (Å²) in [5, 5.41) is 14.9. The Labute approximate surface area is 253 Å². The Morgan fingerprint density at radius 3 is 2.05 bits per heavy atom. The zero-order valence-electron chi connectivity index (χ0n) is 23.8. The zero-order chi connectivity index (χ0) is 28.9. The first-order valence-electron chi connectivity index (χ1n) is 14.7. The number of nitrogens with zero attached hydrogens (tertiary/aromatic N) is 2. The van der Waals surface area contributed by atoms with Gasteiger partial charge in [-0.3, -0.25) is 0 Å². The summed E-state index contributed by atoms with van der Waals surface area (Å²) in [5.74, 6) is 0. The highest BCUT2D eigenvalue weighted by atomic mass is 32.1. The predicted octanol–water partition coefficient (Wildman–Crippen LogP) is 11.0. The quantitative estimate of drug-likeness (QED) is 0.205. The van der Waals surface area contributed by atoms with Gasteiger partial charge in [0.2, 0.25) is 0 Å². The number of hydrogen-bond acceptors (Lipinski definition) is 2. The molecule has 3 heteroatoms. The van der Waals surface area contributed by atoms with E-state index in [4.69, 9.17) is 0 Å². The van der Waals surface area contributed by atoms with Crippen molar-refractivity contribution in [1.82, 2.24) is 4.57 Å². The highest BCUT2D eigenvalue weighted by Gasteiger charge is 2.35. The lowest BCUT2D eigenvalue weighted by atomic mass is 9.82. The first kappa shape index (κ1) is 24.4. The molecule has 2 nitrogen and oxygen atoms in total. The van der Waals surface area contributed by atoms with Crippen molar-refractivity contribution in [3.05, 3.63) is 138 Å². The van der Waals surface area contributed by atoms with E-state index in [1.807, 2.05) is 23.5 Å². The summed E-state index contributed by atoms with van der Waals surface area (Å²) in [7, 11) is 0. The second-order valence-corrected chi connectivity index (χ2v) is 13.2. The van der Waals surface area contributed by atoms with Crippen molar-refractivity contribution in [3.63, 3.8) is 0 Å². The number of fused-ring (bicyclic) bond motifs is 9. The molecule has 8 aromatic rings. The summed E-state index contributed by atoms with van der Waals surface area (Å²) >= 11 is 1.87. The fourth-order valence-corrected chi connectivity index (χ4v) is 8.52. The molecule has 0 saturated carbocycles. The van der Waals surface area contributed by atoms with Gasteiger partial charge in [-0.1, -0.05) is 92.7 Å². The highest BCUT2D eigenvalue weighted by Crippen LogP contribution is 2.51. The summed E-state index contributed by atoms with van der Waals surface area (Å²) in [6.07, 6.45) is 0. The number of rotatable bonds is 2. The van der Waals surface area contributed by atoms with Gasteiger partial charge in [-0.25, -0.2) is 0 Å². The number of aromatic nitrogens is 1. The molecule has 2 heterocycles. The maximum Gasteiger partial charge on any atom is 0.0992 e. The van der Waals surface area contributed by atoms with Crippen molar-refractivity contribution in [1.29, 1.82) is 5.26 Å². The van der Waals surface area contributed by atoms with Crippen LogP contribution in [-0.2, 0) is 5.41 Å². The van der Waals surface area contributed by atoms with Crippen LogP contribution in [0.15, 0.2) is 121 Å². The minimum atomic E-state index is -0.0127. The van der Waals surface area contributed by atoms with E-state index in [1.54, 1.807) is 0 Å². The van der Waals surface area contributed by atoms with Crippen molar-refractivity contribution in [2.75, 3.05) is 0 Å². The molecule has 0 spiro atoms. The third-order valence-electron chi connectivity index (χ3n) is 9.43. The Bertz CT molecular complexity index is 2450. The van der Waals surface area contributed by atoms with Crippen LogP contribution in [0.25, 0.3) is 69.9 Å². The van der Waals surface area contributed by atoms with Gasteiger partial charge in [0.25, 0.3) is 0 Å². The van der Waals surface area contributed by atoms with Gasteiger partial charge in [-0.15, -0.1) is 11.3 Å². The van der Waals surface area contributed by atoms with E-state index in [2.05, 4.69) is 134 Å². The topological polar surface area (TPSA) is 28.7 Å². The molecule has 1 aliphatic carbocycles. The standard InChI is InChI=1S/C40H26N2S/c1-40(2)33-12-6-3-9-27(33)31-21-32-30-18-16-25(20-38(30)43-39(32)22-34(31)40)26-17-15-24(23-41)19-37(26)42-35-13-7-4-10-28(35)29-11-5-8-14-36(29)42/h3-22H,1-2H3. The monoisotopic (exact) mass is 566 g/mol. The second kappa shape index (κ2) is 8.67. The van der Waals surface area contributed by atoms with E-state index >= 15 is 0 Å². The third kappa shape index (κ3) is 3.33. The molecular weight excluding hydrogens is 541 g/mol. The molecule has 0 saturated heterocycles. The van der Waals surface area contributed by atoms with Crippen molar-refractivity contribution in [3.8, 4) is 34.0 Å². The average Bonchev–Trinajstić information content (AvgIpc) is 3.65. The first-order valence-corrected chi connectivity index (χ1v) is 15.5. The Morgan fingerprint density at radius 1 is 0.581 bits per heavy atom. The summed E-state index contributed by atoms with van der Waals surface area (Å²) < 4.78 is 4.93. The molecule has 0 amide bonds. The van der Waals surface area contributed by atoms with E-state index in [-0.39, 0.29) is 5.41 Å². The Kier molecular flexibility index (Phi) is 4.93. The number of hydrogen-bond donors (Lipinski definition) is 0. The van der Waals surface area contributed by atoms with Crippen LogP contribution in [0, 0.1) is 11.3 Å². The number of para-hydroxylation sites is 2. The molecule has 0 radical (unpaired) electrons. The molecule has 6 aromatic carbocycles. The maximum absolute atomic E-state index is 9.88. The number of thiophene rings is 1. The molecule has 0 N–H and O–H groups in total. The normalized spacial score (nSPS) is 13.5. The predicted molar refractivity (Wildman–Crippen MR) is 181 cm³/mol. The molecule has 9 rings (SSSR count). The molecule has 1 aliphatic rings. The van der Waals surface area contributed by atoms with E-state index in [1.165, 1.54) is 53.2 Å². The highest BCUT2D eigenvalue weighted by molar-refractivity contribution is 7.25. The Morgan fingerprint density at radius 2 is 1.28 bits per heavy atom. The molecule has 0 unspecified atom stereocenters. The van der Waals surface area contributed by atoms with Crippen LogP contribution in [0.2, 0.25) is 0 Å². The van der Waals surface area contributed by atoms with Gasteiger partial charge in [0.05, 0.1) is 28.4 Å². The average molecular weight is 567 g/mol. The fourth-order valence-electron chi connectivity index (χ4n) is 7.35. The molecular formula is C40H26N2S. The molecule has 0 fully saturated rings. The van der Waals surface area contributed by atoms with Crippen LogP contribution in [0.4, 0.5) is 0 Å². The zero-order valence-corrected chi connectivity index (χ0v) is 24.7. The minimum Gasteiger partial charge on any atom is -0.309 e.